The first-order valence-electron chi connectivity index (χ1n) is 7.13. The predicted molar refractivity (Wildman–Crippen MR) is 81.8 cm³/mol. The third-order valence-electron chi connectivity index (χ3n) is 3.43. The number of ether oxygens (including phenoxy) is 2. The van der Waals surface area contributed by atoms with Crippen LogP contribution < -0.4 is 14.8 Å². The predicted octanol–water partition coefficient (Wildman–Crippen LogP) is 1.23. The first-order valence-corrected chi connectivity index (χ1v) is 7.13. The molecule has 1 fully saturated rings. The number of nitrogens with zero attached hydrogens (tertiary/aromatic N) is 1. The molecule has 1 aromatic rings. The maximum Gasteiger partial charge on any atom is 0.260 e. The van der Waals surface area contributed by atoms with Crippen LogP contribution in [0.4, 0.5) is 0 Å². The van der Waals surface area contributed by atoms with E-state index in [1.807, 2.05) is 29.2 Å². The molecule has 1 amide bonds. The molecule has 0 bridgehead atoms. The zero-order chi connectivity index (χ0) is 15.1. The highest BCUT2D eigenvalue weighted by atomic mass is 16.5. The van der Waals surface area contributed by atoms with E-state index in [0.717, 1.165) is 38.2 Å². The molecule has 5 nitrogen and oxygen atoms in total. The topological polar surface area (TPSA) is 50.8 Å². The highest BCUT2D eigenvalue weighted by Crippen LogP contribution is 2.28. The number of rotatable bonds is 6. The van der Waals surface area contributed by atoms with E-state index in [1.54, 1.807) is 7.11 Å². The summed E-state index contributed by atoms with van der Waals surface area (Å²) in [6.45, 7) is 6.90. The maximum atomic E-state index is 12.1. The number of piperazine rings is 1. The van der Waals surface area contributed by atoms with Crippen molar-refractivity contribution in [1.29, 1.82) is 0 Å². The summed E-state index contributed by atoms with van der Waals surface area (Å²) in [6.07, 6.45) is 2.61. The molecule has 0 aromatic heterocycles. The molecule has 0 aliphatic carbocycles. The number of methoxy groups -OCH3 is 1. The summed E-state index contributed by atoms with van der Waals surface area (Å²) in [5, 5.41) is 3.22. The molecule has 1 aromatic carbocycles. The summed E-state index contributed by atoms with van der Waals surface area (Å²) < 4.78 is 10.9. The van der Waals surface area contributed by atoms with Crippen LogP contribution in [0.3, 0.4) is 0 Å². The van der Waals surface area contributed by atoms with E-state index in [9.17, 15) is 4.79 Å². The number of hydrogen-bond acceptors (Lipinski definition) is 4. The van der Waals surface area contributed by atoms with Gasteiger partial charge in [0.1, 0.15) is 0 Å². The second-order valence-electron chi connectivity index (χ2n) is 4.90. The van der Waals surface area contributed by atoms with Crippen molar-refractivity contribution in [1.82, 2.24) is 10.2 Å². The van der Waals surface area contributed by atoms with Crippen molar-refractivity contribution in [2.45, 2.75) is 6.42 Å². The molecule has 1 aliphatic heterocycles. The molecule has 0 spiro atoms. The molecule has 114 valence electrons. The third-order valence-corrected chi connectivity index (χ3v) is 3.43. The minimum Gasteiger partial charge on any atom is -0.493 e. The Bertz CT molecular complexity index is 496. The standard InChI is InChI=1S/C16H22N2O3/c1-3-4-13-5-6-14(15(11-13)20-2)21-12-16(19)18-9-7-17-8-10-18/h3,5-6,11,17H,1,4,7-10,12H2,2H3. The van der Waals surface area contributed by atoms with Gasteiger partial charge in [-0.25, -0.2) is 0 Å². The van der Waals surface area contributed by atoms with E-state index < -0.39 is 0 Å². The molecule has 1 N–H and O–H groups in total. The number of nitrogens with one attached hydrogen (secondary N) is 1. The van der Waals surface area contributed by atoms with Crippen LogP contribution >= 0.6 is 0 Å². The summed E-state index contributed by atoms with van der Waals surface area (Å²) in [5.41, 5.74) is 1.10. The van der Waals surface area contributed by atoms with Crippen LogP contribution in [0.5, 0.6) is 11.5 Å². The Balaban J connectivity index is 1.95. The number of carbonyl (C=O) groups is 1. The summed E-state index contributed by atoms with van der Waals surface area (Å²) in [5.74, 6) is 1.24. The van der Waals surface area contributed by atoms with Crippen LogP contribution in [-0.4, -0.2) is 50.7 Å². The largest absolute Gasteiger partial charge is 0.493 e. The molecular weight excluding hydrogens is 268 g/mol. The monoisotopic (exact) mass is 290 g/mol. The lowest BCUT2D eigenvalue weighted by molar-refractivity contribution is -0.133. The highest BCUT2D eigenvalue weighted by Gasteiger charge is 2.17. The van der Waals surface area contributed by atoms with Gasteiger partial charge in [0.15, 0.2) is 18.1 Å². The van der Waals surface area contributed by atoms with Gasteiger partial charge in [0.25, 0.3) is 5.91 Å². The van der Waals surface area contributed by atoms with Gasteiger partial charge in [-0.1, -0.05) is 12.1 Å². The Morgan fingerprint density at radius 2 is 2.14 bits per heavy atom. The fraction of sp³-hybridized carbons (Fsp3) is 0.438. The number of amides is 1. The molecular formula is C16H22N2O3. The van der Waals surface area contributed by atoms with Crippen molar-refractivity contribution >= 4 is 5.91 Å². The van der Waals surface area contributed by atoms with Gasteiger partial charge < -0.3 is 19.7 Å². The Morgan fingerprint density at radius 1 is 1.38 bits per heavy atom. The minimum absolute atomic E-state index is 0.00808. The van der Waals surface area contributed by atoms with Crippen molar-refractivity contribution in [3.05, 3.63) is 36.4 Å². The van der Waals surface area contributed by atoms with E-state index in [-0.39, 0.29) is 12.5 Å². The van der Waals surface area contributed by atoms with Crippen LogP contribution in [0.2, 0.25) is 0 Å². The van der Waals surface area contributed by atoms with E-state index in [1.165, 1.54) is 0 Å². The quantitative estimate of drug-likeness (QED) is 0.801. The molecule has 1 heterocycles. The van der Waals surface area contributed by atoms with E-state index in [2.05, 4.69) is 11.9 Å². The average Bonchev–Trinajstić information content (AvgIpc) is 2.54. The van der Waals surface area contributed by atoms with Crippen molar-refractivity contribution in [3.63, 3.8) is 0 Å². The van der Waals surface area contributed by atoms with Crippen LogP contribution in [0.25, 0.3) is 0 Å². The molecule has 0 radical (unpaired) electrons. The van der Waals surface area contributed by atoms with E-state index in [4.69, 9.17) is 9.47 Å². The summed E-state index contributed by atoms with van der Waals surface area (Å²) >= 11 is 0. The second-order valence-corrected chi connectivity index (χ2v) is 4.90. The Morgan fingerprint density at radius 3 is 2.81 bits per heavy atom. The highest BCUT2D eigenvalue weighted by molar-refractivity contribution is 5.78. The number of hydrogen-bond donors (Lipinski definition) is 1. The molecule has 1 saturated heterocycles. The first kappa shape index (κ1) is 15.4. The zero-order valence-corrected chi connectivity index (χ0v) is 12.4. The van der Waals surface area contributed by atoms with Crippen LogP contribution in [0.1, 0.15) is 5.56 Å². The van der Waals surface area contributed by atoms with Gasteiger partial charge in [0.05, 0.1) is 7.11 Å². The molecule has 1 aliphatic rings. The molecule has 0 saturated carbocycles. The SMILES string of the molecule is C=CCc1ccc(OCC(=O)N2CCNCC2)c(OC)c1. The van der Waals surface area contributed by atoms with Crippen molar-refractivity contribution in [3.8, 4) is 11.5 Å². The van der Waals surface area contributed by atoms with Crippen molar-refractivity contribution in [2.24, 2.45) is 0 Å². The Hall–Kier alpha value is -2.01. The number of carbonyl (C=O) groups excluding carboxylic acids is 1. The Labute approximate surface area is 125 Å². The summed E-state index contributed by atoms with van der Waals surface area (Å²) in [7, 11) is 1.60. The van der Waals surface area contributed by atoms with E-state index in [0.29, 0.717) is 11.5 Å². The minimum atomic E-state index is 0.00808. The number of benzene rings is 1. The van der Waals surface area contributed by atoms with Gasteiger partial charge >= 0.3 is 0 Å². The molecule has 0 atom stereocenters. The maximum absolute atomic E-state index is 12.1. The third kappa shape index (κ3) is 4.23. The fourth-order valence-corrected chi connectivity index (χ4v) is 2.27. The van der Waals surface area contributed by atoms with Gasteiger partial charge in [-0.3, -0.25) is 4.79 Å². The Kier molecular flexibility index (Phi) is 5.63. The average molecular weight is 290 g/mol. The van der Waals surface area contributed by atoms with Gasteiger partial charge in [-0.2, -0.15) is 0 Å². The van der Waals surface area contributed by atoms with Crippen LogP contribution in [0, 0.1) is 0 Å². The van der Waals surface area contributed by atoms with Crippen molar-refractivity contribution in [2.75, 3.05) is 39.9 Å². The van der Waals surface area contributed by atoms with Gasteiger partial charge in [-0.05, 0) is 24.1 Å². The lowest BCUT2D eigenvalue weighted by Crippen LogP contribution is -2.47. The van der Waals surface area contributed by atoms with Gasteiger partial charge in [0.2, 0.25) is 0 Å². The molecule has 21 heavy (non-hydrogen) atoms. The first-order chi connectivity index (χ1) is 10.2. The molecule has 0 unspecified atom stereocenters. The van der Waals surface area contributed by atoms with Crippen molar-refractivity contribution < 1.29 is 14.3 Å². The molecule has 2 rings (SSSR count). The lowest BCUT2D eigenvalue weighted by Gasteiger charge is -2.27. The fourth-order valence-electron chi connectivity index (χ4n) is 2.27. The number of allylic oxidation sites excluding steroid dienone is 1. The van der Waals surface area contributed by atoms with Crippen LogP contribution in [0.15, 0.2) is 30.9 Å². The zero-order valence-electron chi connectivity index (χ0n) is 12.4. The molecule has 5 heteroatoms. The van der Waals surface area contributed by atoms with E-state index >= 15 is 0 Å². The van der Waals surface area contributed by atoms with Crippen LogP contribution in [-0.2, 0) is 11.2 Å². The summed E-state index contributed by atoms with van der Waals surface area (Å²) in [6, 6.07) is 5.70. The van der Waals surface area contributed by atoms with Gasteiger partial charge in [-0.15, -0.1) is 6.58 Å². The summed E-state index contributed by atoms with van der Waals surface area (Å²) in [4.78, 5) is 13.9. The second kappa shape index (κ2) is 7.69. The lowest BCUT2D eigenvalue weighted by atomic mass is 10.1. The van der Waals surface area contributed by atoms with Gasteiger partial charge in [0, 0.05) is 26.2 Å². The normalized spacial score (nSPS) is 14.6. The smallest absolute Gasteiger partial charge is 0.260 e.